The second-order valence-electron chi connectivity index (χ2n) is 9.79. The fourth-order valence-electron chi connectivity index (χ4n) is 3.46. The van der Waals surface area contributed by atoms with E-state index in [2.05, 4.69) is 0 Å². The average molecular weight is 480 g/mol. The molecule has 0 saturated carbocycles. The third-order valence-corrected chi connectivity index (χ3v) is 8.77. The van der Waals surface area contributed by atoms with Gasteiger partial charge in [0.2, 0.25) is 0 Å². The summed E-state index contributed by atoms with van der Waals surface area (Å²) in [5.41, 5.74) is 0.334. The molecule has 0 spiro atoms. The van der Waals surface area contributed by atoms with Crippen molar-refractivity contribution in [2.45, 2.75) is 69.1 Å². The lowest BCUT2D eigenvalue weighted by Gasteiger charge is -2.23. The van der Waals surface area contributed by atoms with Gasteiger partial charge in [-0.15, -0.1) is 0 Å². The minimum atomic E-state index is -1.21. The summed E-state index contributed by atoms with van der Waals surface area (Å²) in [7, 11) is 0.834. The maximum absolute atomic E-state index is 11.9. The Kier molecular flexibility index (Phi) is 7.22. The average Bonchev–Trinajstić information content (AvgIpc) is 2.60. The molecule has 0 aliphatic rings. The van der Waals surface area contributed by atoms with Crippen LogP contribution in [0.15, 0.2) is 28.0 Å². The summed E-state index contributed by atoms with van der Waals surface area (Å²) in [5.74, 6) is -2.87. The van der Waals surface area contributed by atoms with Crippen LogP contribution in [0.1, 0.15) is 78.9 Å². The number of hydrogen-bond donors (Lipinski definition) is 4. The molecule has 174 valence electrons. The SMILES string of the molecule is Cc1c([S+](C)Sc2cc(C(=O)O)c(O)c(C(C)(C)C)c2)cc(C(C)(C)C)c(O)c1C(=O)O. The number of carbonyl (C=O) groups is 2. The smallest absolute Gasteiger partial charge is 0.339 e. The summed E-state index contributed by atoms with van der Waals surface area (Å²) in [4.78, 5) is 25.1. The van der Waals surface area contributed by atoms with Gasteiger partial charge in [0, 0.05) is 22.8 Å². The van der Waals surface area contributed by atoms with E-state index < -0.39 is 32.7 Å². The molecule has 0 amide bonds. The van der Waals surface area contributed by atoms with Gasteiger partial charge in [-0.3, -0.25) is 0 Å². The molecule has 2 aromatic carbocycles. The summed E-state index contributed by atoms with van der Waals surface area (Å²) in [6, 6.07) is 5.07. The Morgan fingerprint density at radius 2 is 1.34 bits per heavy atom. The standard InChI is InChI=1S/C24H30O6S2/c1-12-17(11-16(24(5,6)7)20(26)18(12)22(29)30)32(8)31-13-9-14(21(27)28)19(25)15(10-13)23(2,3)4/h9-11H,1-8H3,(H3-,25,26,27,28,29,30)/p+1. The zero-order chi connectivity index (χ0) is 24.8. The number of phenols is 2. The van der Waals surface area contributed by atoms with Crippen molar-refractivity contribution in [2.75, 3.05) is 6.26 Å². The van der Waals surface area contributed by atoms with Gasteiger partial charge in [-0.1, -0.05) is 41.5 Å². The summed E-state index contributed by atoms with van der Waals surface area (Å²) in [6.07, 6.45) is 1.94. The molecule has 0 bridgehead atoms. The Balaban J connectivity index is 2.66. The van der Waals surface area contributed by atoms with Crippen LogP contribution in [0.25, 0.3) is 0 Å². The molecule has 6 nitrogen and oxygen atoms in total. The van der Waals surface area contributed by atoms with E-state index in [0.717, 1.165) is 4.90 Å². The highest BCUT2D eigenvalue weighted by Gasteiger charge is 2.33. The molecule has 0 heterocycles. The van der Waals surface area contributed by atoms with Gasteiger partial charge in [-0.2, -0.15) is 0 Å². The fourth-order valence-corrected chi connectivity index (χ4v) is 6.93. The molecule has 8 heteroatoms. The number of aromatic hydroxyl groups is 2. The van der Waals surface area contributed by atoms with Crippen molar-refractivity contribution >= 4 is 32.7 Å². The normalized spacial score (nSPS) is 13.1. The molecule has 2 aromatic rings. The first kappa shape index (κ1) is 25.9. The molecular weight excluding hydrogens is 448 g/mol. The third kappa shape index (κ3) is 5.18. The van der Waals surface area contributed by atoms with E-state index in [0.29, 0.717) is 21.6 Å². The van der Waals surface area contributed by atoms with E-state index in [4.69, 9.17) is 0 Å². The summed E-state index contributed by atoms with van der Waals surface area (Å²) < 4.78 is 0. The lowest BCUT2D eigenvalue weighted by molar-refractivity contribution is 0.0681. The Labute approximate surface area is 195 Å². The molecule has 4 N–H and O–H groups in total. The Morgan fingerprint density at radius 1 is 0.844 bits per heavy atom. The lowest BCUT2D eigenvalue weighted by atomic mass is 9.84. The van der Waals surface area contributed by atoms with E-state index in [1.807, 2.05) is 53.9 Å². The van der Waals surface area contributed by atoms with Gasteiger partial charge in [-0.25, -0.2) is 9.59 Å². The van der Waals surface area contributed by atoms with Gasteiger partial charge in [0.1, 0.15) is 39.7 Å². The van der Waals surface area contributed by atoms with Crippen LogP contribution in [-0.2, 0) is 20.8 Å². The highest BCUT2D eigenvalue weighted by molar-refractivity contribution is 8.74. The van der Waals surface area contributed by atoms with Crippen LogP contribution in [0.2, 0.25) is 0 Å². The zero-order valence-corrected chi connectivity index (χ0v) is 21.3. The van der Waals surface area contributed by atoms with Crippen molar-refractivity contribution in [1.82, 2.24) is 0 Å². The molecule has 0 aromatic heterocycles. The Morgan fingerprint density at radius 3 is 1.78 bits per heavy atom. The van der Waals surface area contributed by atoms with Crippen molar-refractivity contribution in [2.24, 2.45) is 0 Å². The van der Waals surface area contributed by atoms with Gasteiger partial charge in [0.15, 0.2) is 4.90 Å². The molecule has 2 rings (SSSR count). The van der Waals surface area contributed by atoms with Crippen LogP contribution in [0.5, 0.6) is 11.5 Å². The second-order valence-corrected chi connectivity index (χ2v) is 13.8. The third-order valence-electron chi connectivity index (χ3n) is 5.19. The highest BCUT2D eigenvalue weighted by Crippen LogP contribution is 2.44. The Bertz CT molecular complexity index is 1080. The fraction of sp³-hybridized carbons (Fsp3) is 0.417. The van der Waals surface area contributed by atoms with Gasteiger partial charge in [0.05, 0.1) is 14.8 Å². The van der Waals surface area contributed by atoms with Crippen molar-refractivity contribution in [3.05, 3.63) is 46.0 Å². The Hall–Kier alpha value is -2.32. The van der Waals surface area contributed by atoms with E-state index in [1.54, 1.807) is 13.0 Å². The van der Waals surface area contributed by atoms with Gasteiger partial charge < -0.3 is 20.4 Å². The molecule has 0 saturated heterocycles. The highest BCUT2D eigenvalue weighted by atomic mass is 33.1. The van der Waals surface area contributed by atoms with Crippen molar-refractivity contribution in [1.29, 1.82) is 0 Å². The monoisotopic (exact) mass is 479 g/mol. The summed E-state index contributed by atoms with van der Waals surface area (Å²) in [6.45, 7) is 13.1. The van der Waals surface area contributed by atoms with Gasteiger partial charge in [-0.05, 0) is 29.9 Å². The molecule has 1 unspecified atom stereocenters. The molecule has 0 radical (unpaired) electrons. The molecular formula is C24H31O6S2+. The number of benzene rings is 2. The second kappa shape index (κ2) is 8.90. The van der Waals surface area contributed by atoms with E-state index >= 15 is 0 Å². The summed E-state index contributed by atoms with van der Waals surface area (Å²) in [5, 5.41) is 40.4. The van der Waals surface area contributed by atoms with Crippen molar-refractivity contribution in [3.8, 4) is 11.5 Å². The molecule has 1 atom stereocenters. The number of carboxylic acids is 2. The first-order chi connectivity index (χ1) is 14.5. The topological polar surface area (TPSA) is 115 Å². The molecule has 32 heavy (non-hydrogen) atoms. The maximum atomic E-state index is 11.9. The maximum Gasteiger partial charge on any atom is 0.339 e. The number of carboxylic acid groups (broad SMARTS) is 2. The van der Waals surface area contributed by atoms with Crippen molar-refractivity contribution in [3.63, 3.8) is 0 Å². The predicted molar refractivity (Wildman–Crippen MR) is 130 cm³/mol. The van der Waals surface area contributed by atoms with Crippen LogP contribution in [-0.4, -0.2) is 38.6 Å². The van der Waals surface area contributed by atoms with Gasteiger partial charge in [0.25, 0.3) is 0 Å². The van der Waals surface area contributed by atoms with Crippen molar-refractivity contribution < 1.29 is 30.0 Å². The zero-order valence-electron chi connectivity index (χ0n) is 19.7. The molecule has 0 fully saturated rings. The predicted octanol–water partition coefficient (Wildman–Crippen LogP) is 5.71. The van der Waals surface area contributed by atoms with Crippen LogP contribution in [0, 0.1) is 6.92 Å². The first-order valence-electron chi connectivity index (χ1n) is 10.0. The quantitative estimate of drug-likeness (QED) is 0.321. The first-order valence-corrected chi connectivity index (χ1v) is 13.0. The van der Waals surface area contributed by atoms with E-state index in [9.17, 15) is 30.0 Å². The number of aromatic carboxylic acids is 2. The lowest BCUT2D eigenvalue weighted by Crippen LogP contribution is -2.16. The molecule has 0 aliphatic carbocycles. The van der Waals surface area contributed by atoms with Crippen LogP contribution >= 0.6 is 10.8 Å². The minimum Gasteiger partial charge on any atom is -0.507 e. The largest absolute Gasteiger partial charge is 0.507 e. The number of hydrogen-bond acceptors (Lipinski definition) is 5. The summed E-state index contributed by atoms with van der Waals surface area (Å²) >= 11 is 0. The number of rotatable bonds is 5. The van der Waals surface area contributed by atoms with Crippen LogP contribution in [0.3, 0.4) is 0 Å². The van der Waals surface area contributed by atoms with Gasteiger partial charge >= 0.3 is 11.9 Å². The van der Waals surface area contributed by atoms with Crippen LogP contribution < -0.4 is 0 Å². The molecule has 0 aliphatic heterocycles. The van der Waals surface area contributed by atoms with E-state index in [1.165, 1.54) is 16.9 Å². The minimum absolute atomic E-state index is 0.111. The van der Waals surface area contributed by atoms with E-state index in [-0.39, 0.29) is 22.6 Å². The van der Waals surface area contributed by atoms with Crippen LogP contribution in [0.4, 0.5) is 0 Å².